The SMILES string of the molecule is O=C(O)c1cc2c(s1)CCOC21CCN(C(=O)c2cc(CO)ccn2)CC1. The second kappa shape index (κ2) is 7.03. The molecule has 142 valence electrons. The van der Waals surface area contributed by atoms with Crippen LogP contribution >= 0.6 is 11.3 Å². The van der Waals surface area contributed by atoms with Crippen molar-refractivity contribution in [3.63, 3.8) is 0 Å². The number of ether oxygens (including phenoxy) is 1. The van der Waals surface area contributed by atoms with Crippen LogP contribution in [0.2, 0.25) is 0 Å². The lowest BCUT2D eigenvalue weighted by atomic mass is 9.82. The fourth-order valence-electron chi connectivity index (χ4n) is 3.86. The molecule has 0 aromatic carbocycles. The van der Waals surface area contributed by atoms with Crippen LogP contribution in [0.5, 0.6) is 0 Å². The summed E-state index contributed by atoms with van der Waals surface area (Å²) in [7, 11) is 0. The van der Waals surface area contributed by atoms with E-state index < -0.39 is 11.6 Å². The molecular formula is C19H20N2O5S. The number of aliphatic hydroxyl groups is 1. The van der Waals surface area contributed by atoms with Crippen LogP contribution in [0.4, 0.5) is 0 Å². The number of rotatable bonds is 3. The molecule has 2 N–H and O–H groups in total. The van der Waals surface area contributed by atoms with E-state index in [-0.39, 0.29) is 12.5 Å². The van der Waals surface area contributed by atoms with Gasteiger partial charge in [-0.2, -0.15) is 0 Å². The summed E-state index contributed by atoms with van der Waals surface area (Å²) >= 11 is 1.33. The van der Waals surface area contributed by atoms with Crippen molar-refractivity contribution in [2.75, 3.05) is 19.7 Å². The summed E-state index contributed by atoms with van der Waals surface area (Å²) in [5.41, 5.74) is 1.45. The molecule has 7 nitrogen and oxygen atoms in total. The van der Waals surface area contributed by atoms with Crippen molar-refractivity contribution < 1.29 is 24.5 Å². The average molecular weight is 388 g/mol. The quantitative estimate of drug-likeness (QED) is 0.835. The molecule has 2 aromatic rings. The minimum absolute atomic E-state index is 0.132. The molecule has 0 radical (unpaired) electrons. The van der Waals surface area contributed by atoms with Gasteiger partial charge in [-0.25, -0.2) is 4.79 Å². The number of carbonyl (C=O) groups excluding carboxylic acids is 1. The zero-order valence-corrected chi connectivity index (χ0v) is 15.5. The average Bonchev–Trinajstić information content (AvgIpc) is 3.15. The van der Waals surface area contributed by atoms with Gasteiger partial charge in [0.1, 0.15) is 10.6 Å². The molecule has 2 aliphatic heterocycles. The summed E-state index contributed by atoms with van der Waals surface area (Å²) in [5.74, 6) is -1.07. The molecule has 0 aliphatic carbocycles. The summed E-state index contributed by atoms with van der Waals surface area (Å²) in [6.07, 6.45) is 3.51. The molecule has 1 amide bonds. The summed E-state index contributed by atoms with van der Waals surface area (Å²) in [4.78, 5) is 31.4. The molecule has 4 heterocycles. The van der Waals surface area contributed by atoms with E-state index in [2.05, 4.69) is 4.98 Å². The number of likely N-dealkylation sites (tertiary alicyclic amines) is 1. The number of hydrogen-bond acceptors (Lipinski definition) is 6. The van der Waals surface area contributed by atoms with Gasteiger partial charge < -0.3 is 19.8 Å². The van der Waals surface area contributed by atoms with Gasteiger partial charge in [0.15, 0.2) is 0 Å². The number of pyridine rings is 1. The Balaban J connectivity index is 1.52. The highest BCUT2D eigenvalue weighted by molar-refractivity contribution is 7.14. The number of carbonyl (C=O) groups is 2. The highest BCUT2D eigenvalue weighted by atomic mass is 32.1. The van der Waals surface area contributed by atoms with E-state index in [1.54, 1.807) is 23.1 Å². The Kier molecular flexibility index (Phi) is 4.71. The number of aromatic nitrogens is 1. The number of fused-ring (bicyclic) bond motifs is 2. The summed E-state index contributed by atoms with van der Waals surface area (Å²) in [6, 6.07) is 5.03. The number of amides is 1. The first-order valence-electron chi connectivity index (χ1n) is 8.88. The minimum atomic E-state index is -0.910. The fourth-order valence-corrected chi connectivity index (χ4v) is 4.93. The van der Waals surface area contributed by atoms with Crippen LogP contribution < -0.4 is 0 Å². The predicted octanol–water partition coefficient (Wildman–Crippen LogP) is 2.04. The van der Waals surface area contributed by atoms with Crippen LogP contribution in [0.15, 0.2) is 24.4 Å². The van der Waals surface area contributed by atoms with Gasteiger partial charge in [0.05, 0.1) is 18.8 Å². The number of carboxylic acids is 1. The third-order valence-corrected chi connectivity index (χ3v) is 6.49. The molecule has 27 heavy (non-hydrogen) atoms. The van der Waals surface area contributed by atoms with Crippen molar-refractivity contribution >= 4 is 23.2 Å². The Bertz CT molecular complexity index is 886. The van der Waals surface area contributed by atoms with Gasteiger partial charge in [0.25, 0.3) is 5.91 Å². The molecule has 1 spiro atoms. The molecule has 0 atom stereocenters. The van der Waals surface area contributed by atoms with E-state index in [1.807, 2.05) is 0 Å². The topological polar surface area (TPSA) is 100.0 Å². The first-order valence-corrected chi connectivity index (χ1v) is 9.69. The molecule has 2 aliphatic rings. The highest BCUT2D eigenvalue weighted by Crippen LogP contribution is 2.44. The van der Waals surface area contributed by atoms with Crippen LogP contribution in [0, 0.1) is 0 Å². The molecule has 1 fully saturated rings. The van der Waals surface area contributed by atoms with Crippen molar-refractivity contribution in [2.24, 2.45) is 0 Å². The standard InChI is InChI=1S/C19H20N2O5S/c22-11-12-1-5-20-14(9-12)17(23)21-6-3-19(4-7-21)13-10-16(18(24)25)27-15(13)2-8-26-19/h1,5,9-10,22H,2-4,6-8,11H2,(H,24,25). The van der Waals surface area contributed by atoms with Crippen LogP contribution in [0.25, 0.3) is 0 Å². The third-order valence-electron chi connectivity index (χ3n) is 5.30. The number of hydrogen-bond donors (Lipinski definition) is 2. The molecule has 8 heteroatoms. The van der Waals surface area contributed by atoms with Crippen molar-refractivity contribution in [3.8, 4) is 0 Å². The first kappa shape index (κ1) is 18.1. The lowest BCUT2D eigenvalue weighted by molar-refractivity contribution is -0.0927. The van der Waals surface area contributed by atoms with Crippen LogP contribution in [-0.4, -0.2) is 51.7 Å². The van der Waals surface area contributed by atoms with Crippen LogP contribution in [0.1, 0.15) is 49.0 Å². The molecule has 0 bridgehead atoms. The fraction of sp³-hybridized carbons (Fsp3) is 0.421. The van der Waals surface area contributed by atoms with E-state index in [1.165, 1.54) is 17.5 Å². The summed E-state index contributed by atoms with van der Waals surface area (Å²) in [5, 5.41) is 18.5. The van der Waals surface area contributed by atoms with Gasteiger partial charge in [-0.15, -0.1) is 11.3 Å². The largest absolute Gasteiger partial charge is 0.477 e. The Hall–Kier alpha value is -2.29. The van der Waals surface area contributed by atoms with Crippen molar-refractivity contribution in [2.45, 2.75) is 31.5 Å². The van der Waals surface area contributed by atoms with Gasteiger partial charge in [0, 0.05) is 30.6 Å². The second-order valence-electron chi connectivity index (χ2n) is 6.85. The summed E-state index contributed by atoms with van der Waals surface area (Å²) < 4.78 is 6.12. The molecular weight excluding hydrogens is 368 g/mol. The van der Waals surface area contributed by atoms with Gasteiger partial charge in [-0.3, -0.25) is 9.78 Å². The van der Waals surface area contributed by atoms with Crippen molar-refractivity contribution in [1.82, 2.24) is 9.88 Å². The van der Waals surface area contributed by atoms with E-state index in [4.69, 9.17) is 4.74 Å². The molecule has 4 rings (SSSR count). The number of carboxylic acid groups (broad SMARTS) is 1. The zero-order chi connectivity index (χ0) is 19.0. The van der Waals surface area contributed by atoms with Crippen molar-refractivity contribution in [3.05, 3.63) is 51.0 Å². The molecule has 1 saturated heterocycles. The Morgan fingerprint density at radius 3 is 2.78 bits per heavy atom. The highest BCUT2D eigenvalue weighted by Gasteiger charge is 2.43. The maximum absolute atomic E-state index is 12.7. The Morgan fingerprint density at radius 1 is 1.30 bits per heavy atom. The van der Waals surface area contributed by atoms with Gasteiger partial charge in [-0.1, -0.05) is 0 Å². The number of aliphatic hydroxyl groups excluding tert-OH is 1. The molecule has 2 aromatic heterocycles. The maximum atomic E-state index is 12.7. The predicted molar refractivity (Wildman–Crippen MR) is 97.9 cm³/mol. The van der Waals surface area contributed by atoms with E-state index >= 15 is 0 Å². The molecule has 0 saturated carbocycles. The second-order valence-corrected chi connectivity index (χ2v) is 7.98. The summed E-state index contributed by atoms with van der Waals surface area (Å²) in [6.45, 7) is 1.47. The molecule has 0 unspecified atom stereocenters. The van der Waals surface area contributed by atoms with E-state index in [0.29, 0.717) is 48.7 Å². The third kappa shape index (κ3) is 3.24. The lowest BCUT2D eigenvalue weighted by Crippen LogP contribution is -2.48. The smallest absolute Gasteiger partial charge is 0.345 e. The Morgan fingerprint density at radius 2 is 2.07 bits per heavy atom. The van der Waals surface area contributed by atoms with E-state index in [0.717, 1.165) is 16.9 Å². The van der Waals surface area contributed by atoms with Gasteiger partial charge in [0.2, 0.25) is 0 Å². The number of piperidine rings is 1. The van der Waals surface area contributed by atoms with Crippen LogP contribution in [0.3, 0.4) is 0 Å². The van der Waals surface area contributed by atoms with Gasteiger partial charge in [-0.05, 0) is 42.2 Å². The monoisotopic (exact) mass is 388 g/mol. The Labute approximate surface area is 160 Å². The van der Waals surface area contributed by atoms with Crippen molar-refractivity contribution in [1.29, 1.82) is 0 Å². The number of thiophene rings is 1. The number of nitrogens with zero attached hydrogens (tertiary/aromatic N) is 2. The van der Waals surface area contributed by atoms with E-state index in [9.17, 15) is 19.8 Å². The lowest BCUT2D eigenvalue weighted by Gasteiger charge is -2.44. The van der Waals surface area contributed by atoms with Crippen LogP contribution in [-0.2, 0) is 23.4 Å². The number of aromatic carboxylic acids is 1. The maximum Gasteiger partial charge on any atom is 0.345 e. The minimum Gasteiger partial charge on any atom is -0.477 e. The first-order chi connectivity index (χ1) is 13.0. The normalized spacial score (nSPS) is 18.3. The van der Waals surface area contributed by atoms with Gasteiger partial charge >= 0.3 is 5.97 Å². The zero-order valence-electron chi connectivity index (χ0n) is 14.7.